The number of nitrogens with zero attached hydrogens (tertiary/aromatic N) is 2. The quantitative estimate of drug-likeness (QED) is 0.893. The minimum absolute atomic E-state index is 0.147. The van der Waals surface area contributed by atoms with Crippen molar-refractivity contribution in [3.8, 4) is 11.3 Å². The highest BCUT2D eigenvalue weighted by molar-refractivity contribution is 5.94. The molecule has 1 aromatic heterocycles. The fourth-order valence-electron chi connectivity index (χ4n) is 4.22. The van der Waals surface area contributed by atoms with E-state index in [0.29, 0.717) is 24.5 Å². The van der Waals surface area contributed by atoms with E-state index >= 15 is 0 Å². The summed E-state index contributed by atoms with van der Waals surface area (Å²) in [5, 5.41) is 6.90. The van der Waals surface area contributed by atoms with Gasteiger partial charge in [0.15, 0.2) is 0 Å². The van der Waals surface area contributed by atoms with Crippen molar-refractivity contribution < 1.29 is 14.0 Å². The molecule has 2 aromatic rings. The summed E-state index contributed by atoms with van der Waals surface area (Å²) in [6.45, 7) is 0.920. The van der Waals surface area contributed by atoms with Crippen molar-refractivity contribution in [2.24, 2.45) is 17.1 Å². The summed E-state index contributed by atoms with van der Waals surface area (Å²) in [7, 11) is 0. The second-order valence-electron chi connectivity index (χ2n) is 6.97. The molecule has 7 heteroatoms. The molecule has 2 heterocycles. The molecule has 1 saturated heterocycles. The van der Waals surface area contributed by atoms with Crippen LogP contribution in [0.25, 0.3) is 11.3 Å². The van der Waals surface area contributed by atoms with Crippen molar-refractivity contribution in [2.75, 3.05) is 13.1 Å². The van der Waals surface area contributed by atoms with Crippen molar-refractivity contribution >= 4 is 11.8 Å². The monoisotopic (exact) mass is 342 g/mol. The number of carbonyl (C=O) groups excluding carboxylic acids is 2. The molecule has 0 radical (unpaired) electrons. The molecule has 1 aliphatic carbocycles. The van der Waals surface area contributed by atoms with E-state index in [1.54, 1.807) is 23.1 Å². The van der Waals surface area contributed by atoms with Crippen LogP contribution in [-0.2, 0) is 4.79 Å². The minimum atomic E-state index is -0.574. The van der Waals surface area contributed by atoms with Crippen LogP contribution in [0.2, 0.25) is 0 Å². The first-order valence-electron chi connectivity index (χ1n) is 8.40. The van der Waals surface area contributed by atoms with Crippen LogP contribution in [0, 0.1) is 17.2 Å². The number of halogens is 1. The molecular weight excluding hydrogens is 323 g/mol. The molecule has 2 fully saturated rings. The minimum Gasteiger partial charge on any atom is -0.369 e. The number of hydrogen-bond donors (Lipinski definition) is 2. The Kier molecular flexibility index (Phi) is 3.59. The van der Waals surface area contributed by atoms with Gasteiger partial charge in [0.2, 0.25) is 5.91 Å². The van der Waals surface area contributed by atoms with Crippen LogP contribution in [-0.4, -0.2) is 40.0 Å². The molecule has 6 nitrogen and oxygen atoms in total. The number of primary amides is 1. The largest absolute Gasteiger partial charge is 0.369 e. The average Bonchev–Trinajstić information content (AvgIpc) is 3.29. The third-order valence-corrected chi connectivity index (χ3v) is 5.60. The summed E-state index contributed by atoms with van der Waals surface area (Å²) in [6.07, 6.45) is 2.66. The lowest BCUT2D eigenvalue weighted by Crippen LogP contribution is -2.41. The zero-order chi connectivity index (χ0) is 17.6. The molecule has 4 rings (SSSR count). The predicted molar refractivity (Wildman–Crippen MR) is 88.9 cm³/mol. The molecule has 0 unspecified atom stereocenters. The zero-order valence-electron chi connectivity index (χ0n) is 13.7. The molecule has 2 atom stereocenters. The number of carbonyl (C=O) groups is 2. The normalized spacial score (nSPS) is 25.2. The fraction of sp³-hybridized carbons (Fsp3) is 0.389. The van der Waals surface area contributed by atoms with Crippen LogP contribution < -0.4 is 5.73 Å². The van der Waals surface area contributed by atoms with Crippen molar-refractivity contribution in [2.45, 2.75) is 19.3 Å². The maximum absolute atomic E-state index is 13.0. The maximum Gasteiger partial charge on any atom is 0.271 e. The zero-order valence-corrected chi connectivity index (χ0v) is 13.7. The van der Waals surface area contributed by atoms with Crippen LogP contribution in [0.5, 0.6) is 0 Å². The molecule has 0 bridgehead atoms. The Hall–Kier alpha value is -2.70. The Bertz CT molecular complexity index is 832. The lowest BCUT2D eigenvalue weighted by molar-refractivity contribution is -0.128. The molecule has 3 N–H and O–H groups in total. The van der Waals surface area contributed by atoms with Gasteiger partial charge in [0.05, 0.1) is 11.1 Å². The third kappa shape index (κ3) is 2.50. The summed E-state index contributed by atoms with van der Waals surface area (Å²) < 4.78 is 13.0. The van der Waals surface area contributed by atoms with E-state index in [4.69, 9.17) is 5.73 Å². The van der Waals surface area contributed by atoms with Gasteiger partial charge in [-0.2, -0.15) is 5.10 Å². The fourth-order valence-corrected chi connectivity index (χ4v) is 4.22. The van der Waals surface area contributed by atoms with Crippen LogP contribution in [0.15, 0.2) is 30.3 Å². The van der Waals surface area contributed by atoms with Crippen molar-refractivity contribution in [1.82, 2.24) is 15.1 Å². The van der Waals surface area contributed by atoms with Gasteiger partial charge < -0.3 is 10.6 Å². The first kappa shape index (κ1) is 15.8. The van der Waals surface area contributed by atoms with E-state index in [2.05, 4.69) is 10.2 Å². The Labute approximate surface area is 144 Å². The Morgan fingerprint density at radius 2 is 2.08 bits per heavy atom. The molecule has 2 aliphatic rings. The topological polar surface area (TPSA) is 92.1 Å². The maximum atomic E-state index is 13.0. The summed E-state index contributed by atoms with van der Waals surface area (Å²) in [5.41, 5.74) is 6.73. The van der Waals surface area contributed by atoms with Gasteiger partial charge in [-0.05, 0) is 49.1 Å². The Balaban J connectivity index is 1.55. The summed E-state index contributed by atoms with van der Waals surface area (Å²) in [6, 6.07) is 7.58. The first-order chi connectivity index (χ1) is 12.0. The van der Waals surface area contributed by atoms with Crippen LogP contribution in [0.1, 0.15) is 29.8 Å². The Morgan fingerprint density at radius 3 is 2.76 bits per heavy atom. The molecule has 1 aromatic carbocycles. The van der Waals surface area contributed by atoms with E-state index in [-0.39, 0.29) is 23.5 Å². The number of H-pyrrole nitrogens is 1. The Morgan fingerprint density at radius 1 is 1.32 bits per heavy atom. The number of fused-ring (bicyclic) bond motifs is 1. The molecule has 0 spiro atoms. The number of amides is 2. The first-order valence-corrected chi connectivity index (χ1v) is 8.40. The smallest absolute Gasteiger partial charge is 0.271 e. The number of nitrogens with two attached hydrogens (primary N) is 1. The van der Waals surface area contributed by atoms with Crippen molar-refractivity contribution in [3.63, 3.8) is 0 Å². The molecule has 1 aliphatic heterocycles. The molecule has 2 amide bonds. The second kappa shape index (κ2) is 5.68. The third-order valence-electron chi connectivity index (χ3n) is 5.60. The van der Waals surface area contributed by atoms with Gasteiger partial charge in [0.25, 0.3) is 5.91 Å². The van der Waals surface area contributed by atoms with Crippen molar-refractivity contribution in [3.05, 3.63) is 41.8 Å². The number of hydrogen-bond acceptors (Lipinski definition) is 3. The highest BCUT2D eigenvalue weighted by atomic mass is 19.1. The van der Waals surface area contributed by atoms with E-state index in [0.717, 1.165) is 24.8 Å². The number of aromatic amines is 1. The number of nitrogens with one attached hydrogen (secondary N) is 1. The molecule has 25 heavy (non-hydrogen) atoms. The van der Waals surface area contributed by atoms with Gasteiger partial charge >= 0.3 is 0 Å². The summed E-state index contributed by atoms with van der Waals surface area (Å²) in [4.78, 5) is 26.4. The molecule has 130 valence electrons. The standard InChI is InChI=1S/C18H19FN4O2/c19-13-5-3-11(4-6-13)14-8-15(22-21-14)16(24)23-9-12-2-1-7-18(12,10-23)17(20)25/h3-6,8,12H,1-2,7,9-10H2,(H2,20,25)(H,21,22)/t12-,18-/m0/s1. The number of rotatable bonds is 3. The highest BCUT2D eigenvalue weighted by Gasteiger charge is 2.54. The van der Waals surface area contributed by atoms with Gasteiger partial charge in [-0.15, -0.1) is 0 Å². The summed E-state index contributed by atoms with van der Waals surface area (Å²) in [5.74, 6) is -0.665. The average molecular weight is 342 g/mol. The van der Waals surface area contributed by atoms with Crippen LogP contribution in [0.3, 0.4) is 0 Å². The lowest BCUT2D eigenvalue weighted by Gasteiger charge is -2.24. The van der Waals surface area contributed by atoms with Gasteiger partial charge in [0.1, 0.15) is 11.5 Å². The number of aromatic nitrogens is 2. The van der Waals surface area contributed by atoms with Crippen LogP contribution >= 0.6 is 0 Å². The molecule has 1 saturated carbocycles. The van der Waals surface area contributed by atoms with Gasteiger partial charge in [-0.25, -0.2) is 4.39 Å². The van der Waals surface area contributed by atoms with E-state index in [1.165, 1.54) is 12.1 Å². The number of likely N-dealkylation sites (tertiary alicyclic amines) is 1. The van der Waals surface area contributed by atoms with Crippen LogP contribution in [0.4, 0.5) is 4.39 Å². The van der Waals surface area contributed by atoms with E-state index in [9.17, 15) is 14.0 Å². The number of benzene rings is 1. The van der Waals surface area contributed by atoms with Crippen molar-refractivity contribution in [1.29, 1.82) is 0 Å². The second-order valence-corrected chi connectivity index (χ2v) is 6.97. The predicted octanol–water partition coefficient (Wildman–Crippen LogP) is 1.94. The lowest BCUT2D eigenvalue weighted by atomic mass is 9.80. The molecular formula is C18H19FN4O2. The van der Waals surface area contributed by atoms with Gasteiger partial charge in [-0.1, -0.05) is 6.42 Å². The highest BCUT2D eigenvalue weighted by Crippen LogP contribution is 2.48. The summed E-state index contributed by atoms with van der Waals surface area (Å²) >= 11 is 0. The van der Waals surface area contributed by atoms with E-state index in [1.807, 2.05) is 0 Å². The van der Waals surface area contributed by atoms with Gasteiger partial charge in [-0.3, -0.25) is 14.7 Å². The van der Waals surface area contributed by atoms with E-state index < -0.39 is 5.41 Å². The van der Waals surface area contributed by atoms with Gasteiger partial charge in [0, 0.05) is 18.7 Å². The SMILES string of the molecule is NC(=O)[C@]12CCC[C@H]1CN(C(=O)c1cc(-c3ccc(F)cc3)n[nH]1)C2.